The number of rotatable bonds is 1. The van der Waals surface area contributed by atoms with Gasteiger partial charge in [-0.1, -0.05) is 31.9 Å². The second-order valence-electron chi connectivity index (χ2n) is 1.64. The van der Waals surface area contributed by atoms with Gasteiger partial charge in [-0.05, 0) is 15.9 Å². The Labute approximate surface area is 82.8 Å². The highest BCUT2D eigenvalue weighted by atomic mass is 79.9. The lowest BCUT2D eigenvalue weighted by molar-refractivity contribution is 0.121. The van der Waals surface area contributed by atoms with Gasteiger partial charge in [0.2, 0.25) is 0 Å². The van der Waals surface area contributed by atoms with Crippen molar-refractivity contribution in [1.29, 1.82) is 0 Å². The molecule has 3 nitrogen and oxygen atoms in total. The van der Waals surface area contributed by atoms with Crippen LogP contribution in [0.3, 0.4) is 0 Å². The number of halogens is 3. The first-order valence-corrected chi connectivity index (χ1v) is 5.15. The Morgan fingerprint density at radius 1 is 1.40 bits per heavy atom. The maximum Gasteiger partial charge on any atom is 0.510 e. The molecule has 1 aliphatic rings. The Morgan fingerprint density at radius 3 is 2.20 bits per heavy atom. The highest BCUT2D eigenvalue weighted by Gasteiger charge is 2.38. The summed E-state index contributed by atoms with van der Waals surface area (Å²) in [5.74, 6) is 0. The fourth-order valence-electron chi connectivity index (χ4n) is 0.517. The summed E-state index contributed by atoms with van der Waals surface area (Å²) in [5, 5.41) is -0.372. The van der Waals surface area contributed by atoms with E-state index in [-0.39, 0.29) is 14.9 Å². The monoisotopic (exact) mass is 336 g/mol. The lowest BCUT2D eigenvalue weighted by Gasteiger charge is -2.09. The van der Waals surface area contributed by atoms with Crippen LogP contribution in [0.25, 0.3) is 0 Å². The largest absolute Gasteiger partial charge is 0.510 e. The minimum atomic E-state index is -0.643. The molecule has 0 N–H and O–H groups in total. The van der Waals surface area contributed by atoms with Crippen LogP contribution in [0.15, 0.2) is 0 Å². The molecule has 58 valence electrons. The van der Waals surface area contributed by atoms with Crippen LogP contribution >= 0.6 is 47.8 Å². The molecule has 0 aromatic heterocycles. The van der Waals surface area contributed by atoms with Crippen LogP contribution in [0.2, 0.25) is 0 Å². The van der Waals surface area contributed by atoms with E-state index in [9.17, 15) is 4.79 Å². The van der Waals surface area contributed by atoms with Crippen LogP contribution in [-0.2, 0) is 9.47 Å². The van der Waals surface area contributed by atoms with Gasteiger partial charge in [0.05, 0.1) is 0 Å². The molecule has 0 spiro atoms. The van der Waals surface area contributed by atoms with E-state index in [1.165, 1.54) is 0 Å². The van der Waals surface area contributed by atoms with Crippen molar-refractivity contribution in [2.24, 2.45) is 0 Å². The molecule has 0 aliphatic carbocycles. The molecule has 1 rings (SSSR count). The minimum absolute atomic E-state index is 0.0872. The van der Waals surface area contributed by atoms with Gasteiger partial charge in [-0.3, -0.25) is 0 Å². The van der Waals surface area contributed by atoms with Crippen LogP contribution in [0.5, 0.6) is 0 Å². The Bertz CT molecular complexity index is 149. The van der Waals surface area contributed by atoms with E-state index in [1.54, 1.807) is 0 Å². The van der Waals surface area contributed by atoms with E-state index in [0.717, 1.165) is 0 Å². The molecule has 0 amide bonds. The molecular formula is C4H3Br3O3. The van der Waals surface area contributed by atoms with E-state index in [2.05, 4.69) is 52.5 Å². The van der Waals surface area contributed by atoms with Crippen molar-refractivity contribution in [1.82, 2.24) is 0 Å². The number of hydrogen-bond donors (Lipinski definition) is 0. The number of hydrogen-bond acceptors (Lipinski definition) is 3. The molecule has 0 aromatic rings. The third kappa shape index (κ3) is 1.85. The molecule has 1 heterocycles. The number of carbonyl (C=O) groups is 1. The average molecular weight is 339 g/mol. The number of alkyl halides is 3. The van der Waals surface area contributed by atoms with Gasteiger partial charge in [0.25, 0.3) is 0 Å². The van der Waals surface area contributed by atoms with E-state index >= 15 is 0 Å². The molecular weight excluding hydrogens is 336 g/mol. The Balaban J connectivity index is 2.54. The predicted octanol–water partition coefficient (Wildman–Crippen LogP) is 2.36. The highest BCUT2D eigenvalue weighted by molar-refractivity contribution is 9.24. The van der Waals surface area contributed by atoms with Gasteiger partial charge in [-0.15, -0.1) is 0 Å². The topological polar surface area (TPSA) is 35.5 Å². The SMILES string of the molecule is O=C1O[C@H](C(Br)Br)[C@@H](Br)O1. The van der Waals surface area contributed by atoms with Crippen molar-refractivity contribution in [3.8, 4) is 0 Å². The van der Waals surface area contributed by atoms with Gasteiger partial charge in [0.15, 0.2) is 11.1 Å². The maximum atomic E-state index is 10.5. The molecule has 0 saturated carbocycles. The van der Waals surface area contributed by atoms with Gasteiger partial charge < -0.3 is 9.47 Å². The summed E-state index contributed by atoms with van der Waals surface area (Å²) in [5.41, 5.74) is 0. The molecule has 10 heavy (non-hydrogen) atoms. The van der Waals surface area contributed by atoms with E-state index in [0.29, 0.717) is 0 Å². The first-order valence-electron chi connectivity index (χ1n) is 2.41. The van der Waals surface area contributed by atoms with Crippen molar-refractivity contribution < 1.29 is 14.3 Å². The van der Waals surface area contributed by atoms with Crippen LogP contribution in [-0.4, -0.2) is 21.0 Å². The van der Waals surface area contributed by atoms with Crippen molar-refractivity contribution in [2.45, 2.75) is 14.9 Å². The summed E-state index contributed by atoms with van der Waals surface area (Å²) in [6.07, 6.45) is -0.955. The van der Waals surface area contributed by atoms with Crippen LogP contribution in [0, 0.1) is 0 Å². The van der Waals surface area contributed by atoms with Gasteiger partial charge in [-0.2, -0.15) is 0 Å². The van der Waals surface area contributed by atoms with Gasteiger partial charge in [0, 0.05) is 0 Å². The summed E-state index contributed by atoms with van der Waals surface area (Å²) >= 11 is 9.51. The van der Waals surface area contributed by atoms with Crippen molar-refractivity contribution in [3.05, 3.63) is 0 Å². The first-order chi connectivity index (χ1) is 4.61. The van der Waals surface area contributed by atoms with Crippen LogP contribution in [0.4, 0.5) is 4.79 Å². The van der Waals surface area contributed by atoms with E-state index in [4.69, 9.17) is 4.74 Å². The van der Waals surface area contributed by atoms with E-state index in [1.807, 2.05) is 0 Å². The lowest BCUT2D eigenvalue weighted by atomic mass is 10.4. The molecule has 1 fully saturated rings. The van der Waals surface area contributed by atoms with Gasteiger partial charge in [-0.25, -0.2) is 4.79 Å². The van der Waals surface area contributed by atoms with Crippen molar-refractivity contribution in [2.75, 3.05) is 0 Å². The molecule has 0 bridgehead atoms. The zero-order valence-corrected chi connectivity index (χ0v) is 9.35. The normalized spacial score (nSPS) is 32.2. The Kier molecular flexibility index (Phi) is 3.00. The van der Waals surface area contributed by atoms with Gasteiger partial charge in [0.1, 0.15) is 3.74 Å². The summed E-state index contributed by atoms with van der Waals surface area (Å²) in [7, 11) is 0. The summed E-state index contributed by atoms with van der Waals surface area (Å²) in [6, 6.07) is 0. The maximum absolute atomic E-state index is 10.5. The zero-order valence-electron chi connectivity index (χ0n) is 4.59. The molecule has 2 atom stereocenters. The third-order valence-electron chi connectivity index (χ3n) is 0.948. The fourth-order valence-corrected chi connectivity index (χ4v) is 2.67. The molecule has 0 unspecified atom stereocenters. The summed E-state index contributed by atoms with van der Waals surface area (Å²) in [6.45, 7) is 0. The second-order valence-corrected chi connectivity index (χ2v) is 5.74. The number of ether oxygens (including phenoxy) is 2. The molecule has 1 aliphatic heterocycles. The lowest BCUT2D eigenvalue weighted by Crippen LogP contribution is -2.22. The molecule has 0 radical (unpaired) electrons. The first kappa shape index (κ1) is 8.80. The molecule has 6 heteroatoms. The molecule has 1 saturated heterocycles. The minimum Gasteiger partial charge on any atom is -0.424 e. The second kappa shape index (κ2) is 3.40. The van der Waals surface area contributed by atoms with Crippen LogP contribution < -0.4 is 0 Å². The number of carbonyl (C=O) groups excluding carboxylic acids is 1. The third-order valence-corrected chi connectivity index (χ3v) is 2.70. The zero-order chi connectivity index (χ0) is 7.72. The predicted molar refractivity (Wildman–Crippen MR) is 45.7 cm³/mol. The van der Waals surface area contributed by atoms with Crippen molar-refractivity contribution >= 4 is 53.9 Å². The average Bonchev–Trinajstić information content (AvgIpc) is 2.10. The highest BCUT2D eigenvalue weighted by Crippen LogP contribution is 2.29. The quantitative estimate of drug-likeness (QED) is 0.544. The Hall–Kier alpha value is 0.710. The standard InChI is InChI=1S/C4H3Br3O3/c5-2(6)1-3(7)10-4(8)9-1/h1-3H/t1-,3+/m1/s1. The summed E-state index contributed by atoms with van der Waals surface area (Å²) in [4.78, 5) is 10.5. The smallest absolute Gasteiger partial charge is 0.424 e. The fraction of sp³-hybridized carbons (Fsp3) is 0.750. The number of cyclic esters (lactones) is 2. The summed E-state index contributed by atoms with van der Waals surface area (Å²) < 4.78 is 9.28. The van der Waals surface area contributed by atoms with E-state index < -0.39 is 6.16 Å². The Morgan fingerprint density at radius 2 is 2.00 bits per heavy atom. The van der Waals surface area contributed by atoms with Gasteiger partial charge >= 0.3 is 6.16 Å². The molecule has 0 aromatic carbocycles. The van der Waals surface area contributed by atoms with Crippen molar-refractivity contribution in [3.63, 3.8) is 0 Å². The van der Waals surface area contributed by atoms with Crippen LogP contribution in [0.1, 0.15) is 0 Å².